The van der Waals surface area contributed by atoms with Gasteiger partial charge in [-0.25, -0.2) is 18.1 Å². The molecule has 1 amide bonds. The van der Waals surface area contributed by atoms with Crippen LogP contribution in [-0.2, 0) is 23.1 Å². The lowest BCUT2D eigenvalue weighted by Gasteiger charge is -2.12. The quantitative estimate of drug-likeness (QED) is 0.346. The maximum Gasteiger partial charge on any atom is 0.256 e. The highest BCUT2D eigenvalue weighted by Crippen LogP contribution is 2.23. The number of nitrogens with zero attached hydrogens (tertiary/aromatic N) is 2. The predicted molar refractivity (Wildman–Crippen MR) is 130 cm³/mol. The number of sulfonamides is 1. The van der Waals surface area contributed by atoms with E-state index in [4.69, 9.17) is 4.74 Å². The summed E-state index contributed by atoms with van der Waals surface area (Å²) in [7, 11) is -3.67. The van der Waals surface area contributed by atoms with Crippen LogP contribution in [-0.4, -0.2) is 30.8 Å². The molecule has 0 saturated heterocycles. The number of rotatable bonds is 10. The second kappa shape index (κ2) is 11.0. The second-order valence-electron chi connectivity index (χ2n) is 7.20. The van der Waals surface area contributed by atoms with Crippen molar-refractivity contribution in [2.75, 3.05) is 11.9 Å². The number of benzene rings is 1. The first-order valence-corrected chi connectivity index (χ1v) is 12.8. The number of hydrogen-bond acceptors (Lipinski definition) is 7. The third-order valence-corrected chi connectivity index (χ3v) is 7.23. The summed E-state index contributed by atoms with van der Waals surface area (Å²) in [5.74, 6) is 0.261. The van der Waals surface area contributed by atoms with Crippen molar-refractivity contribution in [1.29, 1.82) is 0 Å². The van der Waals surface area contributed by atoms with Crippen molar-refractivity contribution in [3.63, 3.8) is 0 Å². The van der Waals surface area contributed by atoms with Crippen molar-refractivity contribution in [2.45, 2.75) is 17.9 Å². The summed E-state index contributed by atoms with van der Waals surface area (Å²) in [6.45, 7) is 0.593. The van der Waals surface area contributed by atoms with E-state index >= 15 is 0 Å². The van der Waals surface area contributed by atoms with Gasteiger partial charge < -0.3 is 10.1 Å². The standard InChI is InChI=1S/C24H22N4O4S2/c29-24(28-23-22(4-1-12-26-23)32-17-18-9-13-25-14-10-18)19-5-7-21(8-6-19)34(30,31)27-15-11-20-3-2-16-33-20/h1-10,12-14,16,27H,11,15,17H2,(H,26,28,29). The second-order valence-corrected chi connectivity index (χ2v) is 10.00. The summed E-state index contributed by atoms with van der Waals surface area (Å²) in [5.41, 5.74) is 1.22. The zero-order valence-electron chi connectivity index (χ0n) is 18.0. The largest absolute Gasteiger partial charge is 0.485 e. The molecule has 0 fully saturated rings. The Balaban J connectivity index is 1.37. The molecular weight excluding hydrogens is 472 g/mol. The first-order chi connectivity index (χ1) is 16.5. The van der Waals surface area contributed by atoms with Gasteiger partial charge in [0.25, 0.3) is 5.91 Å². The van der Waals surface area contributed by atoms with E-state index in [-0.39, 0.29) is 10.7 Å². The smallest absolute Gasteiger partial charge is 0.256 e. The fraction of sp³-hybridized carbons (Fsp3) is 0.125. The van der Waals surface area contributed by atoms with E-state index in [2.05, 4.69) is 20.0 Å². The predicted octanol–water partition coefficient (Wildman–Crippen LogP) is 3.89. The number of pyridine rings is 2. The number of amides is 1. The third-order valence-electron chi connectivity index (χ3n) is 4.82. The van der Waals surface area contributed by atoms with Crippen LogP contribution in [0.5, 0.6) is 5.75 Å². The number of carbonyl (C=O) groups excluding carboxylic acids is 1. The molecule has 0 aliphatic carbocycles. The molecule has 0 aliphatic rings. The lowest BCUT2D eigenvalue weighted by Crippen LogP contribution is -2.26. The van der Waals surface area contributed by atoms with Crippen LogP contribution in [0, 0.1) is 0 Å². The van der Waals surface area contributed by atoms with Crippen molar-refractivity contribution in [2.24, 2.45) is 0 Å². The van der Waals surface area contributed by atoms with Crippen molar-refractivity contribution in [3.05, 3.63) is 101 Å². The van der Waals surface area contributed by atoms with E-state index in [0.717, 1.165) is 10.4 Å². The van der Waals surface area contributed by atoms with Crippen LogP contribution in [0.3, 0.4) is 0 Å². The Hall–Kier alpha value is -3.60. The average molecular weight is 495 g/mol. The number of hydrogen-bond donors (Lipinski definition) is 2. The molecular formula is C24H22N4O4S2. The first-order valence-electron chi connectivity index (χ1n) is 10.4. The highest BCUT2D eigenvalue weighted by atomic mass is 32.2. The SMILES string of the molecule is O=C(Nc1ncccc1OCc1ccncc1)c1ccc(S(=O)(=O)NCCc2cccs2)cc1. The van der Waals surface area contributed by atoms with Gasteiger partial charge in [-0.1, -0.05) is 6.07 Å². The molecule has 10 heteroatoms. The lowest BCUT2D eigenvalue weighted by atomic mass is 10.2. The zero-order valence-corrected chi connectivity index (χ0v) is 19.7. The summed E-state index contributed by atoms with van der Waals surface area (Å²) >= 11 is 1.58. The highest BCUT2D eigenvalue weighted by molar-refractivity contribution is 7.89. The van der Waals surface area contributed by atoms with Gasteiger partial charge in [-0.05, 0) is 72.0 Å². The van der Waals surface area contributed by atoms with E-state index in [9.17, 15) is 13.2 Å². The number of ether oxygens (including phenoxy) is 1. The number of anilines is 1. The maximum absolute atomic E-state index is 12.7. The zero-order chi connectivity index (χ0) is 23.8. The van der Waals surface area contributed by atoms with Gasteiger partial charge in [-0.2, -0.15) is 0 Å². The molecule has 0 spiro atoms. The van der Waals surface area contributed by atoms with Gasteiger partial charge in [0.05, 0.1) is 4.90 Å². The van der Waals surface area contributed by atoms with Crippen LogP contribution >= 0.6 is 11.3 Å². The van der Waals surface area contributed by atoms with Crippen LogP contribution in [0.1, 0.15) is 20.8 Å². The molecule has 4 aromatic rings. The van der Waals surface area contributed by atoms with Crippen LogP contribution in [0.4, 0.5) is 5.82 Å². The topological polar surface area (TPSA) is 110 Å². The normalized spacial score (nSPS) is 11.2. The summed E-state index contributed by atoms with van der Waals surface area (Å²) in [6, 6.07) is 16.7. The van der Waals surface area contributed by atoms with Crippen LogP contribution in [0.25, 0.3) is 0 Å². The molecule has 3 heterocycles. The van der Waals surface area contributed by atoms with Gasteiger partial charge in [0.2, 0.25) is 10.0 Å². The summed E-state index contributed by atoms with van der Waals surface area (Å²) < 4.78 is 33.4. The summed E-state index contributed by atoms with van der Waals surface area (Å²) in [4.78, 5) is 22.1. The van der Waals surface area contributed by atoms with Gasteiger partial charge >= 0.3 is 0 Å². The Morgan fingerprint density at radius 3 is 2.50 bits per heavy atom. The van der Waals surface area contributed by atoms with Gasteiger partial charge in [0.1, 0.15) is 6.61 Å². The van der Waals surface area contributed by atoms with Crippen molar-refractivity contribution < 1.29 is 17.9 Å². The van der Waals surface area contributed by atoms with Crippen LogP contribution < -0.4 is 14.8 Å². The van der Waals surface area contributed by atoms with E-state index in [1.54, 1.807) is 42.1 Å². The minimum Gasteiger partial charge on any atom is -0.485 e. The molecule has 174 valence electrons. The molecule has 0 radical (unpaired) electrons. The molecule has 0 bridgehead atoms. The average Bonchev–Trinajstić information content (AvgIpc) is 3.38. The Bertz CT molecular complexity index is 1330. The number of nitrogens with one attached hydrogen (secondary N) is 2. The Kier molecular flexibility index (Phi) is 7.63. The Morgan fingerprint density at radius 2 is 1.76 bits per heavy atom. The summed E-state index contributed by atoms with van der Waals surface area (Å²) in [6.07, 6.45) is 5.51. The van der Waals surface area contributed by atoms with Gasteiger partial charge in [-0.15, -0.1) is 11.3 Å². The number of aromatic nitrogens is 2. The van der Waals surface area contributed by atoms with Gasteiger partial charge in [0.15, 0.2) is 11.6 Å². The molecule has 8 nitrogen and oxygen atoms in total. The molecule has 0 atom stereocenters. The fourth-order valence-electron chi connectivity index (χ4n) is 3.05. The summed E-state index contributed by atoms with van der Waals surface area (Å²) in [5, 5.41) is 4.67. The molecule has 0 saturated carbocycles. The van der Waals surface area contributed by atoms with Gasteiger partial charge in [0, 0.05) is 35.6 Å². The molecule has 1 aromatic carbocycles. The first kappa shape index (κ1) is 23.6. The molecule has 3 aromatic heterocycles. The van der Waals surface area contributed by atoms with Crippen molar-refractivity contribution in [3.8, 4) is 5.75 Å². The fourth-order valence-corrected chi connectivity index (χ4v) is 4.79. The van der Waals surface area contributed by atoms with Crippen LogP contribution in [0.15, 0.2) is 89.5 Å². The van der Waals surface area contributed by atoms with Gasteiger partial charge in [-0.3, -0.25) is 9.78 Å². The van der Waals surface area contributed by atoms with Crippen molar-refractivity contribution >= 4 is 33.1 Å². The molecule has 2 N–H and O–H groups in total. The monoisotopic (exact) mass is 494 g/mol. The molecule has 0 unspecified atom stereocenters. The van der Waals surface area contributed by atoms with Crippen molar-refractivity contribution in [1.82, 2.24) is 14.7 Å². The minimum absolute atomic E-state index is 0.0921. The Morgan fingerprint density at radius 1 is 0.971 bits per heavy atom. The lowest BCUT2D eigenvalue weighted by molar-refractivity contribution is 0.102. The van der Waals surface area contributed by atoms with E-state index in [0.29, 0.717) is 30.9 Å². The van der Waals surface area contributed by atoms with E-state index < -0.39 is 15.9 Å². The van der Waals surface area contributed by atoms with E-state index in [1.807, 2.05) is 29.6 Å². The van der Waals surface area contributed by atoms with Crippen LogP contribution in [0.2, 0.25) is 0 Å². The maximum atomic E-state index is 12.7. The minimum atomic E-state index is -3.67. The van der Waals surface area contributed by atoms with E-state index in [1.165, 1.54) is 24.3 Å². The molecule has 0 aliphatic heterocycles. The number of thiophene rings is 1. The molecule has 34 heavy (non-hydrogen) atoms. The molecule has 4 rings (SSSR count). The number of carbonyl (C=O) groups is 1. The third kappa shape index (κ3) is 6.25. The highest BCUT2D eigenvalue weighted by Gasteiger charge is 2.16. The Labute approximate surface area is 201 Å².